The number of likely N-dealkylation sites (tertiary alicyclic amines) is 1. The van der Waals surface area contributed by atoms with Crippen LogP contribution in [-0.2, 0) is 11.8 Å². The van der Waals surface area contributed by atoms with Gasteiger partial charge in [-0.3, -0.25) is 4.79 Å². The summed E-state index contributed by atoms with van der Waals surface area (Å²) in [4.78, 5) is 13.9. The molecule has 1 saturated heterocycles. The van der Waals surface area contributed by atoms with Gasteiger partial charge in [-0.2, -0.15) is 0 Å². The predicted molar refractivity (Wildman–Crippen MR) is 94.3 cm³/mol. The Bertz CT molecular complexity index is 695. The first-order chi connectivity index (χ1) is 11.7. The number of para-hydroxylation sites is 2. The number of quaternary nitrogens is 1. The van der Waals surface area contributed by atoms with Crippen molar-refractivity contribution < 1.29 is 14.4 Å². The van der Waals surface area contributed by atoms with Gasteiger partial charge >= 0.3 is 0 Å². The first-order valence-corrected chi connectivity index (χ1v) is 8.66. The lowest BCUT2D eigenvalue weighted by Crippen LogP contribution is -3.11. The standard InChI is InChI=1S/C19H25N3O2/c1-3-24-18-11-5-4-8-15(18)20-19(23)14-22-13-7-10-17(22)16-9-6-12-21(16)2/h4-6,8-9,11-12,17H,3,7,10,13-14H2,1-2H3,(H,20,23)/p+1/t17-/m0/s1. The maximum absolute atomic E-state index is 12.5. The highest BCUT2D eigenvalue weighted by molar-refractivity contribution is 5.92. The van der Waals surface area contributed by atoms with Crippen molar-refractivity contribution in [1.82, 2.24) is 4.57 Å². The van der Waals surface area contributed by atoms with Crippen LogP contribution in [0.1, 0.15) is 31.5 Å². The molecule has 2 atom stereocenters. The summed E-state index contributed by atoms with van der Waals surface area (Å²) in [6.45, 7) is 4.05. The Morgan fingerprint density at radius 3 is 2.92 bits per heavy atom. The average Bonchev–Trinajstić information content (AvgIpc) is 3.18. The highest BCUT2D eigenvalue weighted by Gasteiger charge is 2.33. The molecule has 1 fully saturated rings. The molecule has 5 heteroatoms. The molecule has 0 radical (unpaired) electrons. The van der Waals surface area contributed by atoms with Crippen molar-refractivity contribution in [3.8, 4) is 5.75 Å². The van der Waals surface area contributed by atoms with Crippen molar-refractivity contribution in [3.05, 3.63) is 48.3 Å². The van der Waals surface area contributed by atoms with Crippen LogP contribution in [0.25, 0.3) is 0 Å². The number of carbonyl (C=O) groups excluding carboxylic acids is 1. The number of hydrogen-bond acceptors (Lipinski definition) is 2. The molecule has 2 aromatic rings. The lowest BCUT2D eigenvalue weighted by atomic mass is 10.1. The Balaban J connectivity index is 1.65. The van der Waals surface area contributed by atoms with Crippen LogP contribution >= 0.6 is 0 Å². The first kappa shape index (κ1) is 16.6. The number of ether oxygens (including phenoxy) is 1. The minimum atomic E-state index is 0.0401. The molecule has 0 saturated carbocycles. The highest BCUT2D eigenvalue weighted by atomic mass is 16.5. The van der Waals surface area contributed by atoms with E-state index in [2.05, 4.69) is 35.3 Å². The van der Waals surface area contributed by atoms with Crippen LogP contribution in [0.5, 0.6) is 5.75 Å². The first-order valence-electron chi connectivity index (χ1n) is 8.66. The molecule has 2 N–H and O–H groups in total. The molecule has 1 aromatic carbocycles. The van der Waals surface area contributed by atoms with Gasteiger partial charge in [-0.05, 0) is 31.2 Å². The fourth-order valence-electron chi connectivity index (χ4n) is 3.57. The molecule has 0 aliphatic carbocycles. The monoisotopic (exact) mass is 328 g/mol. The van der Waals surface area contributed by atoms with Crippen LogP contribution < -0.4 is 15.0 Å². The quantitative estimate of drug-likeness (QED) is 0.849. The summed E-state index contributed by atoms with van der Waals surface area (Å²) in [6.07, 6.45) is 4.37. The summed E-state index contributed by atoms with van der Waals surface area (Å²) in [6, 6.07) is 12.2. The van der Waals surface area contributed by atoms with E-state index < -0.39 is 0 Å². The van der Waals surface area contributed by atoms with Crippen molar-refractivity contribution in [1.29, 1.82) is 0 Å². The van der Waals surface area contributed by atoms with Crippen molar-refractivity contribution in [2.75, 3.05) is 25.0 Å². The van der Waals surface area contributed by atoms with E-state index >= 15 is 0 Å². The molecule has 0 bridgehead atoms. The summed E-state index contributed by atoms with van der Waals surface area (Å²) in [5, 5.41) is 3.01. The lowest BCUT2D eigenvalue weighted by Gasteiger charge is -2.22. The molecule has 1 unspecified atom stereocenters. The molecule has 5 nitrogen and oxygen atoms in total. The summed E-state index contributed by atoms with van der Waals surface area (Å²) >= 11 is 0. The maximum Gasteiger partial charge on any atom is 0.279 e. The number of hydrogen-bond donors (Lipinski definition) is 2. The summed E-state index contributed by atoms with van der Waals surface area (Å²) in [5.74, 6) is 0.766. The molecule has 1 amide bonds. The van der Waals surface area contributed by atoms with E-state index in [9.17, 15) is 4.79 Å². The van der Waals surface area contributed by atoms with E-state index in [0.29, 0.717) is 19.2 Å². The third kappa shape index (κ3) is 3.62. The van der Waals surface area contributed by atoms with E-state index in [1.807, 2.05) is 31.2 Å². The van der Waals surface area contributed by atoms with Crippen LogP contribution in [0.3, 0.4) is 0 Å². The molecule has 1 aromatic heterocycles. The Hall–Kier alpha value is -2.27. The zero-order valence-corrected chi connectivity index (χ0v) is 14.4. The number of carbonyl (C=O) groups is 1. The second-order valence-electron chi connectivity index (χ2n) is 6.30. The van der Waals surface area contributed by atoms with Crippen LogP contribution in [0.15, 0.2) is 42.6 Å². The number of aryl methyl sites for hydroxylation is 1. The normalized spacial score (nSPS) is 20.1. The molecule has 128 valence electrons. The van der Waals surface area contributed by atoms with Gasteiger partial charge in [0, 0.05) is 26.1 Å². The van der Waals surface area contributed by atoms with E-state index in [0.717, 1.165) is 30.8 Å². The van der Waals surface area contributed by atoms with Gasteiger partial charge in [-0.25, -0.2) is 0 Å². The zero-order chi connectivity index (χ0) is 16.9. The topological polar surface area (TPSA) is 47.7 Å². The average molecular weight is 328 g/mol. The third-order valence-electron chi connectivity index (χ3n) is 4.67. The van der Waals surface area contributed by atoms with Crippen molar-refractivity contribution in [2.45, 2.75) is 25.8 Å². The van der Waals surface area contributed by atoms with E-state index in [1.165, 1.54) is 10.6 Å². The molecule has 1 aliphatic heterocycles. The second-order valence-corrected chi connectivity index (χ2v) is 6.30. The summed E-state index contributed by atoms with van der Waals surface area (Å²) < 4.78 is 7.74. The van der Waals surface area contributed by atoms with Crippen LogP contribution in [-0.4, -0.2) is 30.2 Å². The number of amides is 1. The van der Waals surface area contributed by atoms with E-state index in [4.69, 9.17) is 4.74 Å². The number of rotatable bonds is 6. The van der Waals surface area contributed by atoms with Gasteiger partial charge in [0.2, 0.25) is 0 Å². The van der Waals surface area contributed by atoms with Crippen molar-refractivity contribution in [2.24, 2.45) is 7.05 Å². The van der Waals surface area contributed by atoms with Gasteiger partial charge in [0.25, 0.3) is 5.91 Å². The third-order valence-corrected chi connectivity index (χ3v) is 4.67. The summed E-state index contributed by atoms with van der Waals surface area (Å²) in [7, 11) is 2.07. The largest absolute Gasteiger partial charge is 0.492 e. The predicted octanol–water partition coefficient (Wildman–Crippen LogP) is 1.78. The van der Waals surface area contributed by atoms with E-state index in [-0.39, 0.29) is 5.91 Å². The number of benzene rings is 1. The minimum Gasteiger partial charge on any atom is -0.492 e. The Morgan fingerprint density at radius 2 is 2.17 bits per heavy atom. The van der Waals surface area contributed by atoms with Gasteiger partial charge < -0.3 is 19.5 Å². The van der Waals surface area contributed by atoms with Crippen molar-refractivity contribution >= 4 is 11.6 Å². The fraction of sp³-hybridized carbons (Fsp3) is 0.421. The molecule has 2 heterocycles. The molecular formula is C19H26N3O2+. The van der Waals surface area contributed by atoms with E-state index in [1.54, 1.807) is 0 Å². The van der Waals surface area contributed by atoms with Gasteiger partial charge in [-0.1, -0.05) is 12.1 Å². The van der Waals surface area contributed by atoms with Crippen LogP contribution in [0.2, 0.25) is 0 Å². The summed E-state index contributed by atoms with van der Waals surface area (Å²) in [5.41, 5.74) is 2.06. The Labute approximate surface area is 143 Å². The Morgan fingerprint density at radius 1 is 1.33 bits per heavy atom. The van der Waals surface area contributed by atoms with Crippen LogP contribution in [0, 0.1) is 0 Å². The molecule has 0 spiro atoms. The lowest BCUT2D eigenvalue weighted by molar-refractivity contribution is -0.910. The smallest absolute Gasteiger partial charge is 0.279 e. The SMILES string of the molecule is CCOc1ccccc1NC(=O)C[NH+]1CCC[C@H]1c1cccn1C. The fourth-order valence-corrected chi connectivity index (χ4v) is 3.57. The van der Waals surface area contributed by atoms with Gasteiger partial charge in [0.1, 0.15) is 11.8 Å². The maximum atomic E-state index is 12.5. The van der Waals surface area contributed by atoms with Crippen molar-refractivity contribution in [3.63, 3.8) is 0 Å². The Kier molecular flexibility index (Phi) is 5.20. The minimum absolute atomic E-state index is 0.0401. The van der Waals surface area contributed by atoms with Gasteiger partial charge in [0.15, 0.2) is 6.54 Å². The van der Waals surface area contributed by atoms with Gasteiger partial charge in [0.05, 0.1) is 24.5 Å². The number of nitrogens with zero attached hydrogens (tertiary/aromatic N) is 1. The van der Waals surface area contributed by atoms with Crippen LogP contribution in [0.4, 0.5) is 5.69 Å². The highest BCUT2D eigenvalue weighted by Crippen LogP contribution is 2.23. The number of anilines is 1. The molecule has 3 rings (SSSR count). The number of aromatic nitrogens is 1. The number of nitrogens with one attached hydrogen (secondary N) is 2. The second kappa shape index (κ2) is 7.53. The van der Waals surface area contributed by atoms with Gasteiger partial charge in [-0.15, -0.1) is 0 Å². The molecular weight excluding hydrogens is 302 g/mol. The molecule has 1 aliphatic rings. The zero-order valence-electron chi connectivity index (χ0n) is 14.4. The molecule has 24 heavy (non-hydrogen) atoms.